The van der Waals surface area contributed by atoms with Gasteiger partial charge in [-0.25, -0.2) is 56.7 Å². The van der Waals surface area contributed by atoms with Gasteiger partial charge in [0.15, 0.2) is 22.6 Å². The second-order valence-corrected chi connectivity index (χ2v) is 28.1. The SMILES string of the molecule is C=C(C)CBr.C=C(C)Cn1c(=O)n(C)c2nc(Cl)ccc21.CC1(C)OB(c2ccccc2C#N)OC1(C)C.Cn1c(=O)[nH]c2ccc(Cl)nc21.Cn1c(=O)n(CC2(C)CC2(F)F)c2ccc(-c3ccccc3C#N)nc21.Cn1c(=O)n(CC2(C)CC2(F)F)c2ccc(Cl)nc21.O=C([O-])C(F)(F)Cl.[Na+]. The molecule has 2 saturated carbocycles. The summed E-state index contributed by atoms with van der Waals surface area (Å²) in [5, 5.41) is 25.1. The van der Waals surface area contributed by atoms with Gasteiger partial charge in [0.25, 0.3) is 11.8 Å². The van der Waals surface area contributed by atoms with E-state index in [1.807, 2.05) is 65.8 Å². The van der Waals surface area contributed by atoms with Crippen LogP contribution >= 0.6 is 62.3 Å². The smallest absolute Gasteiger partial charge is 0.543 e. The number of alkyl halides is 8. The molecule has 2 atom stereocenters. The molecule has 2 aliphatic carbocycles. The van der Waals surface area contributed by atoms with Crippen LogP contribution < -0.4 is 62.9 Å². The van der Waals surface area contributed by atoms with Gasteiger partial charge in [-0.15, -0.1) is 0 Å². The van der Waals surface area contributed by atoms with Crippen LogP contribution in [-0.4, -0.2) is 104 Å². The minimum absolute atomic E-state index is 0. The Bertz CT molecular complexity index is 5210. The summed E-state index contributed by atoms with van der Waals surface area (Å²) >= 11 is 24.3. The second kappa shape index (κ2) is 32.7. The molecule has 10 aromatic rings. The summed E-state index contributed by atoms with van der Waals surface area (Å²) in [5.74, 6) is -8.02. The van der Waals surface area contributed by atoms with Gasteiger partial charge in [-0.1, -0.05) is 125 Å². The van der Waals surface area contributed by atoms with E-state index in [4.69, 9.17) is 59.3 Å². The first-order valence-corrected chi connectivity index (χ1v) is 33.4. The van der Waals surface area contributed by atoms with Crippen LogP contribution in [0.1, 0.15) is 79.4 Å². The van der Waals surface area contributed by atoms with Crippen molar-refractivity contribution in [2.45, 2.75) is 116 Å². The van der Waals surface area contributed by atoms with Gasteiger partial charge < -0.3 is 24.2 Å². The summed E-state index contributed by atoms with van der Waals surface area (Å²) in [5.41, 5.74) is 5.61. The first kappa shape index (κ1) is 84.2. The van der Waals surface area contributed by atoms with E-state index in [1.165, 1.54) is 46.8 Å². The third-order valence-corrected chi connectivity index (χ3v) is 18.9. The summed E-state index contributed by atoms with van der Waals surface area (Å²) < 4.78 is 97.5. The molecule has 35 heteroatoms. The fraction of sp³-hybridized carbons (Fsp3) is 0.368. The number of aromatic amines is 1. The van der Waals surface area contributed by atoms with Crippen LogP contribution in [0.5, 0.6) is 0 Å². The van der Waals surface area contributed by atoms with Crippen molar-refractivity contribution in [3.05, 3.63) is 190 Å². The molecule has 0 radical (unpaired) electrons. The van der Waals surface area contributed by atoms with Gasteiger partial charge >= 0.3 is 64.8 Å². The number of carboxylic acids is 1. The number of nitriles is 2. The topological polar surface area (TPSA) is 276 Å². The number of hydrogen-bond acceptors (Lipinski definition) is 14. The van der Waals surface area contributed by atoms with Crippen molar-refractivity contribution >= 4 is 126 Å². The molecule has 13 rings (SSSR count). The normalized spacial score (nSPS) is 17.5. The maximum Gasteiger partial charge on any atom is 1.00 e. The number of aliphatic carboxylic acids is 1. The summed E-state index contributed by atoms with van der Waals surface area (Å²) in [6.07, 6.45) is -0.409. The van der Waals surface area contributed by atoms with Crippen LogP contribution in [0.25, 0.3) is 55.9 Å². The number of pyridine rings is 4. The molecule has 0 amide bonds. The average Bonchev–Trinajstić information content (AvgIpc) is 1.57. The Labute approximate surface area is 637 Å². The molecule has 0 spiro atoms. The largest absolute Gasteiger partial charge is 1.00 e. The van der Waals surface area contributed by atoms with E-state index in [0.29, 0.717) is 78.4 Å². The number of carbonyl (C=O) groups excluding carboxylic acids is 1. The van der Waals surface area contributed by atoms with Crippen LogP contribution in [0.2, 0.25) is 15.5 Å². The number of nitrogens with one attached hydrogen (secondary N) is 1. The summed E-state index contributed by atoms with van der Waals surface area (Å²) in [7, 11) is 5.99. The zero-order valence-corrected chi connectivity index (χ0v) is 64.8. The number of aryl methyl sites for hydroxylation is 4. The zero-order chi connectivity index (χ0) is 76.3. The third-order valence-electron chi connectivity index (χ3n) is 17.1. The Morgan fingerprint density at radius 1 is 0.621 bits per heavy atom. The van der Waals surface area contributed by atoms with Gasteiger partial charge in [0.1, 0.15) is 21.4 Å². The molecule has 2 aromatic carbocycles. The van der Waals surface area contributed by atoms with E-state index in [1.54, 1.807) is 106 Å². The Balaban J connectivity index is 0.000000197. The number of allylic oxidation sites excluding steroid dienone is 2. The van der Waals surface area contributed by atoms with Crippen molar-refractivity contribution in [1.82, 2.24) is 56.9 Å². The Hall–Kier alpha value is -7.75. The van der Waals surface area contributed by atoms with Crippen LogP contribution in [0.3, 0.4) is 0 Å². The fourth-order valence-corrected chi connectivity index (χ4v) is 10.7. The molecular weight excluding hydrogens is 1510 g/mol. The minimum Gasteiger partial charge on any atom is -0.543 e. The molecule has 1 saturated heterocycles. The number of rotatable bonds is 10. The van der Waals surface area contributed by atoms with E-state index < -0.39 is 41.1 Å². The molecule has 1 N–H and O–H groups in total. The minimum atomic E-state index is -4.22. The number of carbonyl (C=O) groups is 1. The van der Waals surface area contributed by atoms with E-state index in [9.17, 15) is 50.8 Å². The van der Waals surface area contributed by atoms with E-state index in [-0.39, 0.29) is 94.6 Å². The monoisotopic (exact) mass is 1580 g/mol. The van der Waals surface area contributed by atoms with Crippen LogP contribution in [0.15, 0.2) is 141 Å². The van der Waals surface area contributed by atoms with Crippen molar-refractivity contribution < 1.29 is 75.1 Å². The summed E-state index contributed by atoms with van der Waals surface area (Å²) in [6.45, 7) is 22.7. The van der Waals surface area contributed by atoms with Gasteiger partial charge in [0.2, 0.25) is 0 Å². The van der Waals surface area contributed by atoms with Gasteiger partial charge in [-0.2, -0.15) is 19.3 Å². The van der Waals surface area contributed by atoms with Gasteiger partial charge in [-0.3, -0.25) is 32.0 Å². The molecule has 9 heterocycles. The van der Waals surface area contributed by atoms with Crippen LogP contribution in [-0.2, 0) is 61.9 Å². The summed E-state index contributed by atoms with van der Waals surface area (Å²) in [6, 6.07) is 32.2. The molecule has 3 fully saturated rings. The number of aromatic nitrogens is 12. The Kier molecular flexibility index (Phi) is 26.8. The second-order valence-electron chi connectivity index (χ2n) is 25.9. The molecule has 22 nitrogen and oxygen atoms in total. The molecule has 8 aromatic heterocycles. The molecule has 103 heavy (non-hydrogen) atoms. The van der Waals surface area contributed by atoms with Gasteiger partial charge in [0.05, 0.1) is 73.1 Å². The maximum absolute atomic E-state index is 13.6. The quantitative estimate of drug-likeness (QED) is 0.0440. The number of benzene rings is 2. The predicted molar refractivity (Wildman–Crippen MR) is 383 cm³/mol. The van der Waals surface area contributed by atoms with Crippen molar-refractivity contribution in [3.8, 4) is 23.4 Å². The molecule has 1 aliphatic heterocycles. The van der Waals surface area contributed by atoms with E-state index in [2.05, 4.69) is 77.7 Å². The van der Waals surface area contributed by atoms with E-state index >= 15 is 0 Å². The number of imidazole rings is 4. The molecule has 0 bridgehead atoms. The number of halogens is 11. The Morgan fingerprint density at radius 3 is 1.40 bits per heavy atom. The number of carboxylic acid groups (broad SMARTS) is 1. The van der Waals surface area contributed by atoms with Crippen molar-refractivity contribution in [3.63, 3.8) is 0 Å². The third kappa shape index (κ3) is 19.0. The zero-order valence-electron chi connectivity index (χ0n) is 58.2. The predicted octanol–water partition coefficient (Wildman–Crippen LogP) is 9.02. The van der Waals surface area contributed by atoms with Gasteiger partial charge in [-0.05, 0) is 114 Å². The molecule has 540 valence electrons. The fourth-order valence-electron chi connectivity index (χ4n) is 10.2. The van der Waals surface area contributed by atoms with Crippen molar-refractivity contribution in [2.24, 2.45) is 39.0 Å². The van der Waals surface area contributed by atoms with Crippen LogP contribution in [0.4, 0.5) is 26.3 Å². The maximum atomic E-state index is 13.6. The van der Waals surface area contributed by atoms with Crippen molar-refractivity contribution in [1.29, 1.82) is 10.5 Å². The van der Waals surface area contributed by atoms with E-state index in [0.717, 1.165) is 21.9 Å². The first-order chi connectivity index (χ1) is 47.3. The first-order valence-electron chi connectivity index (χ1n) is 30.7. The van der Waals surface area contributed by atoms with Crippen molar-refractivity contribution in [2.75, 3.05) is 5.33 Å². The summed E-state index contributed by atoms with van der Waals surface area (Å²) in [4.78, 5) is 76.1. The number of hydrogen-bond donors (Lipinski definition) is 1. The molecule has 2 unspecified atom stereocenters. The number of fused-ring (bicyclic) bond motifs is 4. The number of H-pyrrole nitrogens is 1. The van der Waals surface area contributed by atoms with Crippen LogP contribution in [0, 0.1) is 33.5 Å². The average molecular weight is 1580 g/mol. The Morgan fingerprint density at radius 2 is 0.990 bits per heavy atom. The van der Waals surface area contributed by atoms with Gasteiger partial charge in [0, 0.05) is 77.0 Å². The standard InChI is InChI=1S/C19H16F2N4O.C13H16BNO2.C12H12ClF2N3O.C11H12ClN3O.C7H6ClN3O.C4H7Br.C2HClF2O2.Na/c1-18(10-19(18,20)21)11-25-15-8-7-14(23-16(15)24(2)17(25)26)13-6-4-3-5-12(13)9-22;1-12(2)13(3,4)17-14(16-12)11-8-6-5-7-10(11)9-15;1-11(5-12(11,14)15)6-18-7-3-4-8(13)16-9(7)17(2)10(18)19;1-7(2)6-15-8-4-5-9(12)13-10(8)14(3)11(15)16;1-11-6-4(9-7(11)12)2-3-5(8)10-6;1-4(2)3-5;3-2(4,5)1(6)7;/h3-8H,10-11H2,1-2H3;5-8H,1-4H3;3-4H,5-6H2,1-2H3;4-5H,1,6H2,2-3H3;2-3H,1H3,(H,9,12);1,3H2,2H3;(H,6,7);/q;;;;;;;+1/p-1. The molecular formula is C68H69BBrCl4F6N14NaO8. The number of nitrogens with zero attached hydrogens (tertiary/aromatic N) is 13. The molecule has 3 aliphatic rings.